The van der Waals surface area contributed by atoms with Gasteiger partial charge in [0, 0.05) is 43.2 Å². The molecule has 2 unspecified atom stereocenters. The molecule has 1 saturated heterocycles. The quantitative estimate of drug-likeness (QED) is 0.817. The fourth-order valence-electron chi connectivity index (χ4n) is 3.05. The number of benzene rings is 1. The summed E-state index contributed by atoms with van der Waals surface area (Å²) in [5.41, 5.74) is 7.70. The van der Waals surface area contributed by atoms with E-state index in [2.05, 4.69) is 56.9 Å². The van der Waals surface area contributed by atoms with Gasteiger partial charge in [-0.15, -0.1) is 0 Å². The smallest absolute Gasteiger partial charge is 0.0558 e. The van der Waals surface area contributed by atoms with Crippen molar-refractivity contribution in [2.75, 3.05) is 39.3 Å². The Labute approximate surface area is 136 Å². The molecule has 1 aromatic carbocycles. The van der Waals surface area contributed by atoms with Crippen molar-refractivity contribution in [2.45, 2.75) is 25.4 Å². The van der Waals surface area contributed by atoms with Crippen LogP contribution in [0.4, 0.5) is 0 Å². The Balaban J connectivity index is 2.11. The van der Waals surface area contributed by atoms with Gasteiger partial charge in [0.05, 0.1) is 12.6 Å². The summed E-state index contributed by atoms with van der Waals surface area (Å²) in [4.78, 5) is 4.80. The largest absolute Gasteiger partial charge is 0.395 e. The minimum Gasteiger partial charge on any atom is -0.395 e. The molecule has 0 spiro atoms. The number of β-amino-alcohol motifs (C(OH)–C–C–N with tert-alkyl or cyclic N) is 1. The summed E-state index contributed by atoms with van der Waals surface area (Å²) >= 11 is 3.56. The molecule has 0 bridgehead atoms. The average Bonchev–Trinajstić information content (AvgIpc) is 2.49. The van der Waals surface area contributed by atoms with Gasteiger partial charge in [0.2, 0.25) is 0 Å². The van der Waals surface area contributed by atoms with Crippen LogP contribution in [-0.2, 0) is 0 Å². The van der Waals surface area contributed by atoms with E-state index in [0.717, 1.165) is 43.6 Å². The first kappa shape index (κ1) is 16.9. The lowest BCUT2D eigenvalue weighted by Crippen LogP contribution is -2.51. The van der Waals surface area contributed by atoms with E-state index < -0.39 is 0 Å². The Morgan fingerprint density at radius 3 is 2.57 bits per heavy atom. The van der Waals surface area contributed by atoms with E-state index in [4.69, 9.17) is 10.8 Å². The summed E-state index contributed by atoms with van der Waals surface area (Å²) < 4.78 is 1.10. The number of aliphatic hydroxyl groups is 1. The molecule has 0 aliphatic carbocycles. The normalized spacial score (nSPS) is 20.4. The maximum absolute atomic E-state index is 9.05. The highest BCUT2D eigenvalue weighted by atomic mass is 79.9. The lowest BCUT2D eigenvalue weighted by molar-refractivity contribution is 0.0733. The molecule has 1 heterocycles. The molecule has 0 radical (unpaired) electrons. The minimum absolute atomic E-state index is 0.142. The third-order valence-corrected chi connectivity index (χ3v) is 4.78. The van der Waals surface area contributed by atoms with Gasteiger partial charge < -0.3 is 10.8 Å². The summed E-state index contributed by atoms with van der Waals surface area (Å²) in [6.45, 7) is 7.18. The fourth-order valence-corrected chi connectivity index (χ4v) is 3.47. The Morgan fingerprint density at radius 1 is 1.29 bits per heavy atom. The van der Waals surface area contributed by atoms with Gasteiger partial charge in [-0.25, -0.2) is 0 Å². The van der Waals surface area contributed by atoms with Crippen molar-refractivity contribution in [2.24, 2.45) is 5.73 Å². The molecular weight excluding hydrogens is 330 g/mol. The molecule has 21 heavy (non-hydrogen) atoms. The van der Waals surface area contributed by atoms with E-state index in [1.165, 1.54) is 5.56 Å². The van der Waals surface area contributed by atoms with Crippen LogP contribution in [0.25, 0.3) is 0 Å². The van der Waals surface area contributed by atoms with Crippen molar-refractivity contribution in [1.82, 2.24) is 9.80 Å². The number of hydrogen-bond acceptors (Lipinski definition) is 4. The van der Waals surface area contributed by atoms with Crippen LogP contribution in [-0.4, -0.2) is 60.3 Å². The van der Waals surface area contributed by atoms with Crippen LogP contribution < -0.4 is 5.73 Å². The van der Waals surface area contributed by atoms with Crippen LogP contribution in [0.2, 0.25) is 0 Å². The topological polar surface area (TPSA) is 52.7 Å². The minimum atomic E-state index is 0.142. The van der Waals surface area contributed by atoms with Crippen molar-refractivity contribution < 1.29 is 5.11 Å². The number of aliphatic hydroxyl groups excluding tert-OH is 1. The number of rotatable bonds is 6. The molecule has 118 valence electrons. The molecular formula is C16H26BrN3O. The molecule has 0 amide bonds. The summed E-state index contributed by atoms with van der Waals surface area (Å²) in [5, 5.41) is 9.05. The van der Waals surface area contributed by atoms with Crippen molar-refractivity contribution in [3.8, 4) is 0 Å². The summed E-state index contributed by atoms with van der Waals surface area (Å²) in [6.07, 6.45) is 0.966. The SMILES string of the molecule is CCC(N)C(c1cccc(Br)c1)N1CCN(CCO)CC1. The second-order valence-electron chi connectivity index (χ2n) is 5.67. The standard InChI is InChI=1S/C16H26BrN3O/c1-2-15(18)16(13-4-3-5-14(17)12-13)20-8-6-19(7-9-20)10-11-21/h3-5,12,15-16,21H,2,6-11,18H2,1H3. The van der Waals surface area contributed by atoms with Crippen LogP contribution in [0.5, 0.6) is 0 Å². The van der Waals surface area contributed by atoms with Crippen LogP contribution in [0.15, 0.2) is 28.7 Å². The van der Waals surface area contributed by atoms with Gasteiger partial charge in [-0.05, 0) is 24.1 Å². The first-order valence-electron chi connectivity index (χ1n) is 7.74. The molecule has 3 N–H and O–H groups in total. The highest BCUT2D eigenvalue weighted by Gasteiger charge is 2.28. The molecule has 2 atom stereocenters. The van der Waals surface area contributed by atoms with Gasteiger partial charge in [-0.1, -0.05) is 35.0 Å². The molecule has 2 rings (SSSR count). The predicted octanol–water partition coefficient (Wildman–Crippen LogP) is 1.84. The zero-order chi connectivity index (χ0) is 15.2. The first-order valence-corrected chi connectivity index (χ1v) is 8.53. The lowest BCUT2D eigenvalue weighted by atomic mass is 9.95. The second-order valence-corrected chi connectivity index (χ2v) is 6.59. The second kappa shape index (κ2) is 8.25. The van der Waals surface area contributed by atoms with Gasteiger partial charge in [0.15, 0.2) is 0 Å². The van der Waals surface area contributed by atoms with Gasteiger partial charge in [-0.3, -0.25) is 9.80 Å². The Bertz CT molecular complexity index is 435. The molecule has 1 aliphatic rings. The van der Waals surface area contributed by atoms with Gasteiger partial charge >= 0.3 is 0 Å². The molecule has 5 heteroatoms. The van der Waals surface area contributed by atoms with E-state index in [9.17, 15) is 0 Å². The lowest BCUT2D eigenvalue weighted by Gasteiger charge is -2.41. The maximum Gasteiger partial charge on any atom is 0.0558 e. The van der Waals surface area contributed by atoms with E-state index in [1.807, 2.05) is 0 Å². The van der Waals surface area contributed by atoms with Crippen LogP contribution >= 0.6 is 15.9 Å². The Kier molecular flexibility index (Phi) is 6.64. The number of nitrogens with zero attached hydrogens (tertiary/aromatic N) is 2. The van der Waals surface area contributed by atoms with E-state index in [0.29, 0.717) is 0 Å². The zero-order valence-corrected chi connectivity index (χ0v) is 14.3. The third kappa shape index (κ3) is 4.50. The molecule has 4 nitrogen and oxygen atoms in total. The van der Waals surface area contributed by atoms with Crippen LogP contribution in [0.3, 0.4) is 0 Å². The molecule has 0 aromatic heterocycles. The number of nitrogens with two attached hydrogens (primary N) is 1. The molecule has 1 fully saturated rings. The molecule has 1 aromatic rings. The Morgan fingerprint density at radius 2 is 2.00 bits per heavy atom. The van der Waals surface area contributed by atoms with E-state index in [1.54, 1.807) is 0 Å². The Hall–Kier alpha value is -0.460. The van der Waals surface area contributed by atoms with Gasteiger partial charge in [-0.2, -0.15) is 0 Å². The van der Waals surface area contributed by atoms with Crippen molar-refractivity contribution >= 4 is 15.9 Å². The van der Waals surface area contributed by atoms with E-state index in [-0.39, 0.29) is 18.7 Å². The highest BCUT2D eigenvalue weighted by Crippen LogP contribution is 2.28. The monoisotopic (exact) mass is 355 g/mol. The summed E-state index contributed by atoms with van der Waals surface area (Å²) in [6, 6.07) is 8.90. The van der Waals surface area contributed by atoms with Gasteiger partial charge in [0.1, 0.15) is 0 Å². The molecule has 0 saturated carbocycles. The van der Waals surface area contributed by atoms with Crippen LogP contribution in [0, 0.1) is 0 Å². The zero-order valence-electron chi connectivity index (χ0n) is 12.7. The van der Waals surface area contributed by atoms with Crippen molar-refractivity contribution in [3.63, 3.8) is 0 Å². The predicted molar refractivity (Wildman–Crippen MR) is 90.2 cm³/mol. The molecule has 1 aliphatic heterocycles. The third-order valence-electron chi connectivity index (χ3n) is 4.28. The van der Waals surface area contributed by atoms with Crippen molar-refractivity contribution in [3.05, 3.63) is 34.3 Å². The number of hydrogen-bond donors (Lipinski definition) is 2. The van der Waals surface area contributed by atoms with E-state index >= 15 is 0 Å². The number of halogens is 1. The van der Waals surface area contributed by atoms with Gasteiger partial charge in [0.25, 0.3) is 0 Å². The summed E-state index contributed by atoms with van der Waals surface area (Å²) in [5.74, 6) is 0. The summed E-state index contributed by atoms with van der Waals surface area (Å²) in [7, 11) is 0. The highest BCUT2D eigenvalue weighted by molar-refractivity contribution is 9.10. The van der Waals surface area contributed by atoms with Crippen LogP contribution in [0.1, 0.15) is 24.9 Å². The fraction of sp³-hybridized carbons (Fsp3) is 0.625. The first-order chi connectivity index (χ1) is 10.2. The average molecular weight is 356 g/mol. The van der Waals surface area contributed by atoms with Crippen molar-refractivity contribution in [1.29, 1.82) is 0 Å². The number of piperazine rings is 1. The maximum atomic E-state index is 9.05.